The molecule has 5 N–H and O–H groups in total. The number of imidazole rings is 1. The largest absolute Gasteiger partial charge is 0.465 e. The van der Waals surface area contributed by atoms with E-state index in [0.717, 1.165) is 0 Å². The van der Waals surface area contributed by atoms with Crippen molar-refractivity contribution in [3.63, 3.8) is 0 Å². The highest BCUT2D eigenvalue weighted by Crippen LogP contribution is 2.23. The fraction of sp³-hybridized carbons (Fsp3) is 0.222. The van der Waals surface area contributed by atoms with Crippen molar-refractivity contribution >= 4 is 46.3 Å². The summed E-state index contributed by atoms with van der Waals surface area (Å²) in [5.74, 6) is -0.0485. The number of aliphatic imine (C=N–C) groups is 1. The Morgan fingerprint density at radius 2 is 2.20 bits per heavy atom. The second kappa shape index (κ2) is 9.37. The van der Waals surface area contributed by atoms with E-state index in [1.807, 2.05) is 5.48 Å². The lowest BCUT2D eigenvalue weighted by Gasteiger charge is -2.12. The minimum Gasteiger partial charge on any atom is -0.465 e. The fourth-order valence-electron chi connectivity index (χ4n) is 2.64. The monoisotopic (exact) mass is 435 g/mol. The summed E-state index contributed by atoms with van der Waals surface area (Å²) in [5.41, 5.74) is 3.75. The number of nitrogens with one attached hydrogen (secondary N) is 3. The number of halogens is 2. The maximum atomic E-state index is 13.4. The fourth-order valence-corrected chi connectivity index (χ4v) is 2.81. The van der Waals surface area contributed by atoms with E-state index in [9.17, 15) is 14.4 Å². The van der Waals surface area contributed by atoms with Crippen LogP contribution in [0.25, 0.3) is 11.2 Å². The molecule has 0 unspecified atom stereocenters. The van der Waals surface area contributed by atoms with E-state index in [1.54, 1.807) is 6.07 Å². The molecule has 0 bridgehead atoms. The zero-order chi connectivity index (χ0) is 21.7. The average Bonchev–Trinajstić information content (AvgIpc) is 3.15. The second-order valence-corrected chi connectivity index (χ2v) is 6.70. The highest BCUT2D eigenvalue weighted by molar-refractivity contribution is 6.31. The molecule has 158 valence electrons. The molecule has 2 heterocycles. The van der Waals surface area contributed by atoms with Crippen molar-refractivity contribution in [1.29, 1.82) is 0 Å². The number of amidine groups is 1. The van der Waals surface area contributed by atoms with Gasteiger partial charge < -0.3 is 20.3 Å². The highest BCUT2D eigenvalue weighted by Gasteiger charge is 2.13. The zero-order valence-corrected chi connectivity index (χ0v) is 16.6. The SMILES string of the molecule is CN(CCCNc1nc2nccc(C(=Nc3ccc(F)c(Cl)c3)NO)c2[nH]1)C(=O)O. The van der Waals surface area contributed by atoms with Crippen molar-refractivity contribution in [2.24, 2.45) is 4.99 Å². The summed E-state index contributed by atoms with van der Waals surface area (Å²) in [6.45, 7) is 0.859. The Morgan fingerprint density at radius 3 is 2.90 bits per heavy atom. The number of fused-ring (bicyclic) bond motifs is 1. The van der Waals surface area contributed by atoms with Gasteiger partial charge in [0.25, 0.3) is 0 Å². The maximum Gasteiger partial charge on any atom is 0.407 e. The molecule has 10 nitrogen and oxygen atoms in total. The molecule has 0 saturated heterocycles. The summed E-state index contributed by atoms with van der Waals surface area (Å²) in [6.07, 6.45) is 1.10. The van der Waals surface area contributed by atoms with Gasteiger partial charge in [0, 0.05) is 31.9 Å². The van der Waals surface area contributed by atoms with Gasteiger partial charge >= 0.3 is 6.09 Å². The van der Waals surface area contributed by atoms with E-state index in [4.69, 9.17) is 16.7 Å². The van der Waals surface area contributed by atoms with Crippen LogP contribution >= 0.6 is 11.6 Å². The predicted molar refractivity (Wildman–Crippen MR) is 110 cm³/mol. The standard InChI is InChI=1S/C18H19ClFN7O3/c1-27(18(28)29)8-2-6-22-17-24-14-11(5-7-21-16(14)25-17)15(26-30)23-10-3-4-13(20)12(19)9-10/h3-5,7,9,30H,2,6,8H2,1H3,(H,23,26)(H,28,29)(H2,21,22,24,25). The van der Waals surface area contributed by atoms with Crippen LogP contribution in [-0.2, 0) is 0 Å². The van der Waals surface area contributed by atoms with Crippen LogP contribution in [0.4, 0.5) is 20.8 Å². The third kappa shape index (κ3) is 4.93. The number of hydrogen-bond donors (Lipinski definition) is 5. The second-order valence-electron chi connectivity index (χ2n) is 6.30. The van der Waals surface area contributed by atoms with E-state index in [0.29, 0.717) is 47.9 Å². The summed E-state index contributed by atoms with van der Waals surface area (Å²) in [4.78, 5) is 27.8. The molecule has 3 rings (SSSR count). The number of aromatic amines is 1. The minimum atomic E-state index is -0.988. The van der Waals surface area contributed by atoms with Crippen LogP contribution in [-0.4, -0.2) is 62.2 Å². The number of hydroxylamine groups is 1. The van der Waals surface area contributed by atoms with E-state index < -0.39 is 11.9 Å². The Balaban J connectivity index is 1.81. The third-order valence-electron chi connectivity index (χ3n) is 4.19. The van der Waals surface area contributed by atoms with Crippen LogP contribution in [0, 0.1) is 5.82 Å². The van der Waals surface area contributed by atoms with Gasteiger partial charge in [-0.3, -0.25) is 10.7 Å². The first kappa shape index (κ1) is 21.3. The Hall–Kier alpha value is -3.44. The Bertz CT molecular complexity index is 1090. The average molecular weight is 436 g/mol. The van der Waals surface area contributed by atoms with Crippen molar-refractivity contribution in [3.05, 3.63) is 46.9 Å². The minimum absolute atomic E-state index is 0.0864. The molecule has 2 aromatic heterocycles. The lowest BCUT2D eigenvalue weighted by molar-refractivity contribution is 0.156. The van der Waals surface area contributed by atoms with Gasteiger partial charge in [0.2, 0.25) is 5.95 Å². The molecule has 0 aliphatic carbocycles. The van der Waals surface area contributed by atoms with Crippen LogP contribution in [0.3, 0.4) is 0 Å². The van der Waals surface area contributed by atoms with Gasteiger partial charge in [-0.1, -0.05) is 11.6 Å². The number of rotatable bonds is 7. The van der Waals surface area contributed by atoms with Gasteiger partial charge in [0.1, 0.15) is 5.82 Å². The van der Waals surface area contributed by atoms with E-state index in [1.165, 1.54) is 36.3 Å². The first-order valence-corrected chi connectivity index (χ1v) is 9.23. The number of carboxylic acid groups (broad SMARTS) is 1. The van der Waals surface area contributed by atoms with Crippen LogP contribution in [0.2, 0.25) is 5.02 Å². The molecule has 1 amide bonds. The Labute approximate surface area is 175 Å². The number of carbonyl (C=O) groups is 1. The highest BCUT2D eigenvalue weighted by atomic mass is 35.5. The van der Waals surface area contributed by atoms with Crippen molar-refractivity contribution in [3.8, 4) is 0 Å². The van der Waals surface area contributed by atoms with Crippen LogP contribution in [0.5, 0.6) is 0 Å². The first-order chi connectivity index (χ1) is 14.4. The molecule has 0 spiro atoms. The molecule has 0 fully saturated rings. The summed E-state index contributed by atoms with van der Waals surface area (Å²) in [7, 11) is 1.50. The molecule has 0 saturated carbocycles. The van der Waals surface area contributed by atoms with E-state index in [2.05, 4.69) is 25.3 Å². The number of aromatic nitrogens is 3. The topological polar surface area (TPSA) is 139 Å². The summed E-state index contributed by atoms with van der Waals surface area (Å²) < 4.78 is 13.4. The zero-order valence-electron chi connectivity index (χ0n) is 15.9. The third-order valence-corrected chi connectivity index (χ3v) is 4.48. The van der Waals surface area contributed by atoms with Gasteiger partial charge in [0.15, 0.2) is 11.5 Å². The van der Waals surface area contributed by atoms with Crippen LogP contribution in [0.15, 0.2) is 35.5 Å². The number of H-pyrrole nitrogens is 1. The van der Waals surface area contributed by atoms with Gasteiger partial charge in [-0.2, -0.15) is 4.98 Å². The molecule has 0 atom stereocenters. The lowest BCUT2D eigenvalue weighted by Crippen LogP contribution is -2.27. The van der Waals surface area contributed by atoms with Crippen molar-refractivity contribution in [2.75, 3.05) is 25.5 Å². The van der Waals surface area contributed by atoms with E-state index in [-0.39, 0.29) is 10.9 Å². The van der Waals surface area contributed by atoms with Crippen molar-refractivity contribution < 1.29 is 19.5 Å². The predicted octanol–water partition coefficient (Wildman–Crippen LogP) is 3.22. The summed E-state index contributed by atoms with van der Waals surface area (Å²) in [5, 5.41) is 21.4. The number of amides is 1. The number of nitrogens with zero attached hydrogens (tertiary/aromatic N) is 4. The Kier molecular flexibility index (Phi) is 6.65. The molecular weight excluding hydrogens is 417 g/mol. The Morgan fingerprint density at radius 1 is 1.40 bits per heavy atom. The first-order valence-electron chi connectivity index (χ1n) is 8.86. The van der Waals surface area contributed by atoms with Crippen molar-refractivity contribution in [2.45, 2.75) is 6.42 Å². The van der Waals surface area contributed by atoms with Gasteiger partial charge in [0.05, 0.1) is 16.2 Å². The molecule has 12 heteroatoms. The molecule has 0 aliphatic rings. The normalized spacial score (nSPS) is 11.5. The quantitative estimate of drug-likeness (QED) is 0.166. The van der Waals surface area contributed by atoms with E-state index >= 15 is 0 Å². The number of benzene rings is 1. The van der Waals surface area contributed by atoms with Crippen LogP contribution < -0.4 is 10.8 Å². The summed E-state index contributed by atoms with van der Waals surface area (Å²) >= 11 is 5.78. The number of anilines is 1. The molecular formula is C18H19ClFN7O3. The molecule has 0 radical (unpaired) electrons. The molecule has 1 aromatic carbocycles. The van der Waals surface area contributed by atoms with Gasteiger partial charge in [-0.15, -0.1) is 0 Å². The number of hydrogen-bond acceptors (Lipinski definition) is 6. The van der Waals surface area contributed by atoms with Gasteiger partial charge in [-0.25, -0.2) is 19.2 Å². The van der Waals surface area contributed by atoms with Gasteiger partial charge in [-0.05, 0) is 30.7 Å². The molecule has 30 heavy (non-hydrogen) atoms. The molecule has 0 aliphatic heterocycles. The van der Waals surface area contributed by atoms with Crippen LogP contribution in [0.1, 0.15) is 12.0 Å². The molecule has 3 aromatic rings. The smallest absolute Gasteiger partial charge is 0.407 e. The lowest BCUT2D eigenvalue weighted by atomic mass is 10.2. The maximum absolute atomic E-state index is 13.4. The summed E-state index contributed by atoms with van der Waals surface area (Å²) in [6, 6.07) is 5.56. The number of pyridine rings is 1. The van der Waals surface area contributed by atoms with Crippen molar-refractivity contribution in [1.82, 2.24) is 25.3 Å².